The molecule has 1 atom stereocenters. The maximum absolute atomic E-state index is 10.8. The van der Waals surface area contributed by atoms with E-state index in [0.29, 0.717) is 5.75 Å². The lowest BCUT2D eigenvalue weighted by molar-refractivity contribution is -0.141. The fourth-order valence-electron chi connectivity index (χ4n) is 1.07. The molecule has 1 unspecified atom stereocenters. The van der Waals surface area contributed by atoms with Crippen LogP contribution in [0.3, 0.4) is 0 Å². The molecule has 0 aliphatic rings. The zero-order chi connectivity index (χ0) is 13.5. The number of rotatable bonds is 6. The molecule has 1 aromatic carbocycles. The predicted octanol–water partition coefficient (Wildman–Crippen LogP) is 2.68. The Labute approximate surface area is 122 Å². The summed E-state index contributed by atoms with van der Waals surface area (Å²) < 4.78 is 11.7. The van der Waals surface area contributed by atoms with E-state index < -0.39 is 12.1 Å². The quantitative estimate of drug-likeness (QED) is 0.609. The summed E-state index contributed by atoms with van der Waals surface area (Å²) in [6.07, 6.45) is 0.151. The van der Waals surface area contributed by atoms with Crippen molar-refractivity contribution < 1.29 is 19.4 Å². The number of hydrogen-bond acceptors (Lipinski definition) is 4. The lowest BCUT2D eigenvalue weighted by Gasteiger charge is -2.13. The highest BCUT2D eigenvalue weighted by Crippen LogP contribution is 2.32. The van der Waals surface area contributed by atoms with Gasteiger partial charge in [-0.15, -0.1) is 0 Å². The minimum absolute atomic E-state index is 0.0273. The minimum atomic E-state index is -0.889. The maximum Gasteiger partial charge on any atom is 0.330 e. The molecule has 0 saturated carbocycles. The third kappa shape index (κ3) is 4.80. The Balaban J connectivity index is 2.42. The fraction of sp³-hybridized carbons (Fsp3) is 0.250. The topological polar surface area (TPSA) is 55.8 Å². The molecule has 1 aromatic rings. The van der Waals surface area contributed by atoms with E-state index in [4.69, 9.17) is 4.74 Å². The number of esters is 1. The first-order chi connectivity index (χ1) is 8.54. The first-order valence-electron chi connectivity index (χ1n) is 5.08. The Kier molecular flexibility index (Phi) is 6.38. The van der Waals surface area contributed by atoms with Gasteiger partial charge in [0.25, 0.3) is 0 Å². The van der Waals surface area contributed by atoms with Gasteiger partial charge in [-0.05, 0) is 44.0 Å². The molecule has 1 rings (SSSR count). The Morgan fingerprint density at radius 3 is 2.83 bits per heavy atom. The molecule has 98 valence electrons. The molecule has 18 heavy (non-hydrogen) atoms. The number of ether oxygens (including phenoxy) is 2. The maximum atomic E-state index is 10.8. The molecular weight excluding hydrogens is 368 g/mol. The molecule has 0 radical (unpaired) electrons. The van der Waals surface area contributed by atoms with Crippen LogP contribution in [0, 0.1) is 0 Å². The number of carbonyl (C=O) groups excluding carboxylic acids is 1. The second-order valence-corrected chi connectivity index (χ2v) is 5.00. The monoisotopic (exact) mass is 378 g/mol. The lowest BCUT2D eigenvalue weighted by Crippen LogP contribution is -2.24. The van der Waals surface area contributed by atoms with E-state index in [9.17, 15) is 9.90 Å². The van der Waals surface area contributed by atoms with Crippen LogP contribution in [0.2, 0.25) is 0 Å². The van der Waals surface area contributed by atoms with Crippen LogP contribution >= 0.6 is 31.9 Å². The van der Waals surface area contributed by atoms with Crippen LogP contribution in [0.15, 0.2) is 39.8 Å². The summed E-state index contributed by atoms with van der Waals surface area (Å²) in [6.45, 7) is 3.15. The van der Waals surface area contributed by atoms with Gasteiger partial charge in [0.05, 0.1) is 4.47 Å². The van der Waals surface area contributed by atoms with E-state index in [1.54, 1.807) is 6.07 Å². The highest BCUT2D eigenvalue weighted by molar-refractivity contribution is 9.13. The van der Waals surface area contributed by atoms with Crippen LogP contribution in [0.25, 0.3) is 0 Å². The molecule has 0 heterocycles. The number of halogens is 2. The van der Waals surface area contributed by atoms with Crippen LogP contribution in [-0.4, -0.2) is 30.4 Å². The normalized spacial score (nSPS) is 11.7. The van der Waals surface area contributed by atoms with Gasteiger partial charge in [-0.2, -0.15) is 0 Å². The molecule has 6 heteroatoms. The molecule has 0 aromatic heterocycles. The van der Waals surface area contributed by atoms with E-state index in [1.165, 1.54) is 0 Å². The van der Waals surface area contributed by atoms with Crippen molar-refractivity contribution in [3.63, 3.8) is 0 Å². The first-order valence-corrected chi connectivity index (χ1v) is 6.67. The van der Waals surface area contributed by atoms with Gasteiger partial charge in [0, 0.05) is 10.5 Å². The fourth-order valence-corrected chi connectivity index (χ4v) is 1.79. The van der Waals surface area contributed by atoms with Crippen molar-refractivity contribution in [3.05, 3.63) is 39.8 Å². The Bertz CT molecular complexity index is 434. The largest absolute Gasteiger partial charge is 0.490 e. The molecule has 0 amide bonds. The van der Waals surface area contributed by atoms with Gasteiger partial charge < -0.3 is 14.6 Å². The van der Waals surface area contributed by atoms with Gasteiger partial charge in [-0.3, -0.25) is 0 Å². The highest BCUT2D eigenvalue weighted by atomic mass is 79.9. The van der Waals surface area contributed by atoms with E-state index in [1.807, 2.05) is 12.1 Å². The summed E-state index contributed by atoms with van der Waals surface area (Å²) in [5.41, 5.74) is 0. The standard InChI is InChI=1S/C12H12Br2O4/c1-2-11(16)18-7-8(15)6-17-10-5-3-4-9(13)12(10)14/h2-5,8,15H,1,6-7H2. The van der Waals surface area contributed by atoms with E-state index in [2.05, 4.69) is 43.2 Å². The molecular formula is C12H12Br2O4. The summed E-state index contributed by atoms with van der Waals surface area (Å²) in [7, 11) is 0. The van der Waals surface area contributed by atoms with Gasteiger partial charge in [0.2, 0.25) is 0 Å². The number of benzene rings is 1. The molecule has 1 N–H and O–H groups in total. The summed E-state index contributed by atoms with van der Waals surface area (Å²) in [6, 6.07) is 5.44. The second-order valence-electron chi connectivity index (χ2n) is 3.35. The second kappa shape index (κ2) is 7.56. The van der Waals surface area contributed by atoms with E-state index in [-0.39, 0.29) is 13.2 Å². The lowest BCUT2D eigenvalue weighted by atomic mass is 10.3. The van der Waals surface area contributed by atoms with Gasteiger partial charge in [-0.1, -0.05) is 12.6 Å². The van der Waals surface area contributed by atoms with Crippen LogP contribution in [0.4, 0.5) is 0 Å². The zero-order valence-electron chi connectivity index (χ0n) is 9.44. The Morgan fingerprint density at radius 1 is 1.44 bits per heavy atom. The Hall–Kier alpha value is -0.850. The molecule has 0 saturated heterocycles. The van der Waals surface area contributed by atoms with E-state index in [0.717, 1.165) is 15.0 Å². The van der Waals surface area contributed by atoms with E-state index >= 15 is 0 Å². The summed E-state index contributed by atoms with van der Waals surface area (Å²) in [5.74, 6) is 0.0242. The number of aliphatic hydroxyl groups is 1. The minimum Gasteiger partial charge on any atom is -0.490 e. The summed E-state index contributed by atoms with van der Waals surface area (Å²) >= 11 is 6.69. The molecule has 0 aliphatic carbocycles. The zero-order valence-corrected chi connectivity index (χ0v) is 12.6. The van der Waals surface area contributed by atoms with Crippen LogP contribution in [0.5, 0.6) is 5.75 Å². The van der Waals surface area contributed by atoms with Gasteiger partial charge in [-0.25, -0.2) is 4.79 Å². The van der Waals surface area contributed by atoms with Crippen LogP contribution in [0.1, 0.15) is 0 Å². The first kappa shape index (κ1) is 15.2. The smallest absolute Gasteiger partial charge is 0.330 e. The summed E-state index contributed by atoms with van der Waals surface area (Å²) in [5, 5.41) is 9.55. The summed E-state index contributed by atoms with van der Waals surface area (Å²) in [4.78, 5) is 10.8. The average molecular weight is 380 g/mol. The number of hydrogen-bond donors (Lipinski definition) is 1. The van der Waals surface area contributed by atoms with Crippen LogP contribution < -0.4 is 4.74 Å². The van der Waals surface area contributed by atoms with Crippen molar-refractivity contribution in [2.24, 2.45) is 0 Å². The third-order valence-corrected chi connectivity index (χ3v) is 3.94. The number of aliphatic hydroxyl groups excluding tert-OH is 1. The average Bonchev–Trinajstić information content (AvgIpc) is 2.37. The predicted molar refractivity (Wildman–Crippen MR) is 74.5 cm³/mol. The molecule has 0 spiro atoms. The van der Waals surface area contributed by atoms with Crippen molar-refractivity contribution >= 4 is 37.8 Å². The molecule has 0 bridgehead atoms. The van der Waals surface area contributed by atoms with Crippen molar-refractivity contribution in [1.82, 2.24) is 0 Å². The van der Waals surface area contributed by atoms with Gasteiger partial charge in [0.1, 0.15) is 25.1 Å². The van der Waals surface area contributed by atoms with Crippen molar-refractivity contribution in [2.75, 3.05) is 13.2 Å². The van der Waals surface area contributed by atoms with Gasteiger partial charge >= 0.3 is 5.97 Å². The molecule has 4 nitrogen and oxygen atoms in total. The molecule has 0 fully saturated rings. The SMILES string of the molecule is C=CC(=O)OCC(O)COc1cccc(Br)c1Br. The number of carbonyl (C=O) groups is 1. The third-order valence-electron chi connectivity index (χ3n) is 1.93. The van der Waals surface area contributed by atoms with Gasteiger partial charge in [0.15, 0.2) is 0 Å². The Morgan fingerprint density at radius 2 is 2.17 bits per heavy atom. The van der Waals surface area contributed by atoms with Crippen molar-refractivity contribution in [1.29, 1.82) is 0 Å². The van der Waals surface area contributed by atoms with Crippen LogP contribution in [-0.2, 0) is 9.53 Å². The van der Waals surface area contributed by atoms with Crippen molar-refractivity contribution in [3.8, 4) is 5.75 Å². The molecule has 0 aliphatic heterocycles. The van der Waals surface area contributed by atoms with Crippen molar-refractivity contribution in [2.45, 2.75) is 6.10 Å². The highest BCUT2D eigenvalue weighted by Gasteiger charge is 2.10.